The van der Waals surface area contributed by atoms with E-state index >= 15 is 0 Å². The molecule has 1 saturated carbocycles. The molecule has 2 saturated heterocycles. The average Bonchev–Trinajstić information content (AvgIpc) is 2.71. The van der Waals surface area contributed by atoms with Crippen LogP contribution in [-0.2, 0) is 9.53 Å². The fourth-order valence-electron chi connectivity index (χ4n) is 3.83. The van der Waals surface area contributed by atoms with E-state index in [0.29, 0.717) is 11.8 Å². The molecule has 3 fully saturated rings. The van der Waals surface area contributed by atoms with E-state index in [1.165, 1.54) is 19.3 Å². The highest BCUT2D eigenvalue weighted by molar-refractivity contribution is 5.80. The summed E-state index contributed by atoms with van der Waals surface area (Å²) in [6, 6.07) is 0. The maximum atomic E-state index is 12.3. The zero-order valence-electron chi connectivity index (χ0n) is 10.6. The number of nitrogens with one attached hydrogen (secondary N) is 1. The van der Waals surface area contributed by atoms with Crippen molar-refractivity contribution in [3.05, 3.63) is 0 Å². The van der Waals surface area contributed by atoms with Crippen molar-refractivity contribution in [2.24, 2.45) is 17.3 Å². The third-order valence-corrected chi connectivity index (χ3v) is 4.91. The molecular formula is C13H22N2O2. The lowest BCUT2D eigenvalue weighted by Gasteiger charge is -2.32. The van der Waals surface area contributed by atoms with E-state index in [1.54, 1.807) is 7.11 Å². The van der Waals surface area contributed by atoms with Gasteiger partial charge in [-0.05, 0) is 18.8 Å². The van der Waals surface area contributed by atoms with E-state index in [-0.39, 0.29) is 11.3 Å². The number of fused-ring (bicyclic) bond motifs is 1. The van der Waals surface area contributed by atoms with Crippen molar-refractivity contribution in [2.45, 2.75) is 19.3 Å². The second-order valence-electron chi connectivity index (χ2n) is 5.96. The lowest BCUT2D eigenvalue weighted by Crippen LogP contribution is -2.52. The molecule has 2 heterocycles. The van der Waals surface area contributed by atoms with Crippen LogP contribution in [0, 0.1) is 17.3 Å². The van der Waals surface area contributed by atoms with E-state index in [4.69, 9.17) is 4.74 Å². The quantitative estimate of drug-likeness (QED) is 0.777. The standard InChI is InChI=1S/C13H22N2O2/c1-17-9-13-4-2-3-11(13)7-15(8-13)12(16)10-5-14-6-10/h10-11,14H,2-9H2,1H3/t11-,13-/m0/s1. The highest BCUT2D eigenvalue weighted by Gasteiger charge is 2.51. The predicted octanol–water partition coefficient (Wildman–Crippen LogP) is 0.481. The van der Waals surface area contributed by atoms with Crippen molar-refractivity contribution in [3.63, 3.8) is 0 Å². The van der Waals surface area contributed by atoms with Crippen LogP contribution < -0.4 is 5.32 Å². The third-order valence-electron chi connectivity index (χ3n) is 4.91. The van der Waals surface area contributed by atoms with Crippen LogP contribution >= 0.6 is 0 Å². The number of amides is 1. The fraction of sp³-hybridized carbons (Fsp3) is 0.923. The summed E-state index contributed by atoms with van der Waals surface area (Å²) in [6.07, 6.45) is 3.81. The number of likely N-dealkylation sites (tertiary alicyclic amines) is 1. The normalized spacial score (nSPS) is 37.0. The van der Waals surface area contributed by atoms with Gasteiger partial charge in [-0.2, -0.15) is 0 Å². The van der Waals surface area contributed by atoms with Crippen molar-refractivity contribution in [3.8, 4) is 0 Å². The first-order valence-electron chi connectivity index (χ1n) is 6.74. The van der Waals surface area contributed by atoms with Gasteiger partial charge in [0.1, 0.15) is 0 Å². The monoisotopic (exact) mass is 238 g/mol. The lowest BCUT2D eigenvalue weighted by molar-refractivity contribution is -0.136. The average molecular weight is 238 g/mol. The Balaban J connectivity index is 1.68. The van der Waals surface area contributed by atoms with Gasteiger partial charge in [0.25, 0.3) is 0 Å². The molecule has 4 nitrogen and oxygen atoms in total. The molecule has 0 unspecified atom stereocenters. The molecule has 0 aromatic carbocycles. The van der Waals surface area contributed by atoms with E-state index in [2.05, 4.69) is 10.2 Å². The number of hydrogen-bond acceptors (Lipinski definition) is 3. The van der Waals surface area contributed by atoms with Crippen molar-refractivity contribution >= 4 is 5.91 Å². The number of carbonyl (C=O) groups is 1. The summed E-state index contributed by atoms with van der Waals surface area (Å²) in [5.41, 5.74) is 0.279. The molecule has 0 aromatic rings. The molecule has 96 valence electrons. The molecule has 0 bridgehead atoms. The first kappa shape index (κ1) is 11.5. The Hall–Kier alpha value is -0.610. The molecule has 3 rings (SSSR count). The minimum Gasteiger partial charge on any atom is -0.384 e. The van der Waals surface area contributed by atoms with Crippen LogP contribution in [0.4, 0.5) is 0 Å². The Morgan fingerprint density at radius 2 is 2.35 bits per heavy atom. The smallest absolute Gasteiger partial charge is 0.228 e. The molecule has 1 N–H and O–H groups in total. The van der Waals surface area contributed by atoms with Gasteiger partial charge in [-0.15, -0.1) is 0 Å². The van der Waals surface area contributed by atoms with Gasteiger partial charge in [-0.3, -0.25) is 4.79 Å². The molecule has 2 aliphatic heterocycles. The predicted molar refractivity (Wildman–Crippen MR) is 64.6 cm³/mol. The number of methoxy groups -OCH3 is 1. The second kappa shape index (κ2) is 4.25. The molecular weight excluding hydrogens is 216 g/mol. The molecule has 4 heteroatoms. The fourth-order valence-corrected chi connectivity index (χ4v) is 3.83. The van der Waals surface area contributed by atoms with Gasteiger partial charge in [-0.25, -0.2) is 0 Å². The first-order chi connectivity index (χ1) is 8.25. The van der Waals surface area contributed by atoms with Crippen LogP contribution in [-0.4, -0.2) is 50.7 Å². The van der Waals surface area contributed by atoms with Crippen LogP contribution in [0.1, 0.15) is 19.3 Å². The van der Waals surface area contributed by atoms with E-state index in [0.717, 1.165) is 32.8 Å². The van der Waals surface area contributed by atoms with Gasteiger partial charge < -0.3 is 15.0 Å². The summed E-state index contributed by atoms with van der Waals surface area (Å²) in [4.78, 5) is 14.4. The van der Waals surface area contributed by atoms with Crippen molar-refractivity contribution < 1.29 is 9.53 Å². The van der Waals surface area contributed by atoms with E-state index < -0.39 is 0 Å². The zero-order chi connectivity index (χ0) is 11.9. The minimum atomic E-state index is 0.244. The third kappa shape index (κ3) is 1.78. The molecule has 1 amide bonds. The van der Waals surface area contributed by atoms with Gasteiger partial charge >= 0.3 is 0 Å². The van der Waals surface area contributed by atoms with E-state index in [1.807, 2.05) is 0 Å². The van der Waals surface area contributed by atoms with Gasteiger partial charge in [0, 0.05) is 38.7 Å². The summed E-state index contributed by atoms with van der Waals surface area (Å²) in [6.45, 7) is 4.47. The SMILES string of the molecule is COC[C@@]12CCC[C@H]1CN(C(=O)C1CNC1)C2. The maximum Gasteiger partial charge on any atom is 0.228 e. The number of carbonyl (C=O) groups excluding carboxylic acids is 1. The Morgan fingerprint density at radius 1 is 1.53 bits per heavy atom. The highest BCUT2D eigenvalue weighted by atomic mass is 16.5. The van der Waals surface area contributed by atoms with E-state index in [9.17, 15) is 4.79 Å². The largest absolute Gasteiger partial charge is 0.384 e. The van der Waals surface area contributed by atoms with Gasteiger partial charge in [0.05, 0.1) is 12.5 Å². The highest BCUT2D eigenvalue weighted by Crippen LogP contribution is 2.49. The molecule has 2 atom stereocenters. The van der Waals surface area contributed by atoms with Crippen molar-refractivity contribution in [1.29, 1.82) is 0 Å². The lowest BCUT2D eigenvalue weighted by atomic mass is 9.82. The van der Waals surface area contributed by atoms with Gasteiger partial charge in [-0.1, -0.05) is 6.42 Å². The number of nitrogens with zero attached hydrogens (tertiary/aromatic N) is 1. The Bertz CT molecular complexity index is 317. The number of rotatable bonds is 3. The minimum absolute atomic E-state index is 0.244. The summed E-state index contributed by atoms with van der Waals surface area (Å²) < 4.78 is 5.41. The summed E-state index contributed by atoms with van der Waals surface area (Å²) in [7, 11) is 1.78. The van der Waals surface area contributed by atoms with Gasteiger partial charge in [0.15, 0.2) is 0 Å². The second-order valence-corrected chi connectivity index (χ2v) is 5.96. The van der Waals surface area contributed by atoms with Crippen LogP contribution in [0.5, 0.6) is 0 Å². The number of ether oxygens (including phenoxy) is 1. The molecule has 0 radical (unpaired) electrons. The van der Waals surface area contributed by atoms with Gasteiger partial charge in [0.2, 0.25) is 5.91 Å². The van der Waals surface area contributed by atoms with Crippen molar-refractivity contribution in [1.82, 2.24) is 10.2 Å². The first-order valence-corrected chi connectivity index (χ1v) is 6.74. The number of hydrogen-bond donors (Lipinski definition) is 1. The molecule has 17 heavy (non-hydrogen) atoms. The van der Waals surface area contributed by atoms with Crippen LogP contribution in [0.3, 0.4) is 0 Å². The maximum absolute atomic E-state index is 12.3. The Kier molecular flexibility index (Phi) is 2.87. The van der Waals surface area contributed by atoms with Crippen LogP contribution in [0.25, 0.3) is 0 Å². The zero-order valence-corrected chi connectivity index (χ0v) is 10.6. The van der Waals surface area contributed by atoms with Crippen LogP contribution in [0.2, 0.25) is 0 Å². The summed E-state index contributed by atoms with van der Waals surface area (Å²) in [5, 5.41) is 3.18. The summed E-state index contributed by atoms with van der Waals surface area (Å²) >= 11 is 0. The molecule has 1 aliphatic carbocycles. The van der Waals surface area contributed by atoms with Crippen LogP contribution in [0.15, 0.2) is 0 Å². The Morgan fingerprint density at radius 3 is 3.00 bits per heavy atom. The topological polar surface area (TPSA) is 41.6 Å². The molecule has 0 spiro atoms. The Labute approximate surface area is 103 Å². The summed E-state index contributed by atoms with van der Waals surface area (Å²) in [5.74, 6) is 1.29. The molecule has 3 aliphatic rings. The van der Waals surface area contributed by atoms with Crippen molar-refractivity contribution in [2.75, 3.05) is 39.9 Å². The molecule has 0 aromatic heterocycles.